The molecule has 0 radical (unpaired) electrons. The second-order valence-electron chi connectivity index (χ2n) is 14.8. The topological polar surface area (TPSA) is 93.5 Å². The number of hydrogen-bond donors (Lipinski definition) is 0. The van der Waals surface area contributed by atoms with Crippen molar-refractivity contribution in [2.75, 3.05) is 6.61 Å². The molecular formula is C25H53N3O4Si3. The largest absolute Gasteiger partial charge is 0.416 e. The van der Waals surface area contributed by atoms with Gasteiger partial charge in [0, 0.05) is 17.4 Å². The molecule has 7 nitrogen and oxygen atoms in total. The Hall–Kier alpha value is -0.489. The second-order valence-corrected chi connectivity index (χ2v) is 29.2. The molecule has 0 amide bonds. The molecule has 10 heteroatoms. The molecule has 35 heavy (non-hydrogen) atoms. The van der Waals surface area contributed by atoms with E-state index in [1.54, 1.807) is 0 Å². The molecule has 0 aliphatic heterocycles. The minimum atomic E-state index is -2.32. The number of nitrogens with zero attached hydrogens (tertiary/aromatic N) is 3. The van der Waals surface area contributed by atoms with E-state index in [2.05, 4.69) is 112 Å². The molecule has 0 heterocycles. The molecule has 1 aliphatic rings. The van der Waals surface area contributed by atoms with E-state index in [4.69, 9.17) is 13.3 Å². The van der Waals surface area contributed by atoms with Crippen molar-refractivity contribution < 1.29 is 18.1 Å². The molecule has 1 fully saturated rings. The fraction of sp³-hybridized carbons (Fsp3) is 0.960. The molecule has 1 rings (SSSR count). The molecule has 4 atom stereocenters. The van der Waals surface area contributed by atoms with Gasteiger partial charge in [0.05, 0.1) is 12.1 Å². The van der Waals surface area contributed by atoms with Crippen molar-refractivity contribution >= 4 is 30.7 Å². The second kappa shape index (κ2) is 10.7. The van der Waals surface area contributed by atoms with Crippen LogP contribution in [0.15, 0.2) is 5.11 Å². The highest BCUT2D eigenvalue weighted by atomic mass is 28.4. The summed E-state index contributed by atoms with van der Waals surface area (Å²) in [5.41, 5.74) is 9.22. The number of ketones is 1. The van der Waals surface area contributed by atoms with E-state index in [0.717, 1.165) is 0 Å². The van der Waals surface area contributed by atoms with Gasteiger partial charge in [-0.15, -0.1) is 0 Å². The average molecular weight is 544 g/mol. The van der Waals surface area contributed by atoms with Crippen LogP contribution in [0.25, 0.3) is 10.4 Å². The molecular weight excluding hydrogens is 491 g/mol. The average Bonchev–Trinajstić information content (AvgIpc) is 2.63. The third-order valence-electron chi connectivity index (χ3n) is 9.02. The van der Waals surface area contributed by atoms with Crippen molar-refractivity contribution in [3.63, 3.8) is 0 Å². The van der Waals surface area contributed by atoms with Crippen LogP contribution in [0, 0.1) is 5.92 Å². The molecule has 0 N–H and O–H groups in total. The van der Waals surface area contributed by atoms with E-state index in [0.29, 0.717) is 13.0 Å². The van der Waals surface area contributed by atoms with Gasteiger partial charge in [0.15, 0.2) is 30.7 Å². The predicted molar refractivity (Wildman–Crippen MR) is 153 cm³/mol. The summed E-state index contributed by atoms with van der Waals surface area (Å²) in [5.74, 6) is -0.249. The van der Waals surface area contributed by atoms with Crippen molar-refractivity contribution in [3.05, 3.63) is 10.4 Å². The van der Waals surface area contributed by atoms with Gasteiger partial charge in [-0.1, -0.05) is 67.4 Å². The van der Waals surface area contributed by atoms with Crippen LogP contribution < -0.4 is 0 Å². The lowest BCUT2D eigenvalue weighted by Gasteiger charge is -2.49. The fourth-order valence-electron chi connectivity index (χ4n) is 3.29. The first kappa shape index (κ1) is 32.5. The van der Waals surface area contributed by atoms with Crippen molar-refractivity contribution in [2.45, 2.75) is 141 Å². The van der Waals surface area contributed by atoms with Crippen LogP contribution in [-0.2, 0) is 18.1 Å². The summed E-state index contributed by atoms with van der Waals surface area (Å²) in [7, 11) is -6.60. The van der Waals surface area contributed by atoms with Crippen LogP contribution >= 0.6 is 0 Å². The lowest BCUT2D eigenvalue weighted by molar-refractivity contribution is -0.141. The molecule has 0 bridgehead atoms. The summed E-state index contributed by atoms with van der Waals surface area (Å²) < 4.78 is 20.4. The standard InChI is InChI=1S/C25H53N3O4Si3/c1-23(2,3)33(10,11)30-17-18-16-19(27-28-26)20(29)22(32-35(14,15)25(7,8)9)21(18)31-34(12,13)24(4,5)6/h18-19,21-22H,16-17H2,1-15H3/t18-,19-,21-,22-/m1/s1. The molecule has 0 saturated heterocycles. The molecule has 0 aromatic rings. The van der Waals surface area contributed by atoms with Crippen LogP contribution in [0.1, 0.15) is 68.7 Å². The highest BCUT2D eigenvalue weighted by molar-refractivity contribution is 6.75. The monoisotopic (exact) mass is 543 g/mol. The predicted octanol–water partition coefficient (Wildman–Crippen LogP) is 8.06. The van der Waals surface area contributed by atoms with E-state index in [1.807, 2.05) is 0 Å². The smallest absolute Gasteiger partial charge is 0.193 e. The van der Waals surface area contributed by atoms with Crippen molar-refractivity contribution in [1.29, 1.82) is 0 Å². The van der Waals surface area contributed by atoms with E-state index < -0.39 is 43.2 Å². The Kier molecular flexibility index (Phi) is 9.96. The Bertz CT molecular complexity index is 804. The van der Waals surface area contributed by atoms with E-state index in [1.165, 1.54) is 0 Å². The zero-order valence-electron chi connectivity index (χ0n) is 25.2. The molecule has 0 spiro atoms. The fourth-order valence-corrected chi connectivity index (χ4v) is 6.94. The zero-order chi connectivity index (χ0) is 27.8. The minimum absolute atomic E-state index is 0.0237. The van der Waals surface area contributed by atoms with Gasteiger partial charge in [-0.2, -0.15) is 0 Å². The molecule has 0 unspecified atom stereocenters. The first-order chi connectivity index (χ1) is 15.4. The van der Waals surface area contributed by atoms with Gasteiger partial charge in [-0.3, -0.25) is 4.79 Å². The van der Waals surface area contributed by atoms with E-state index >= 15 is 0 Å². The lowest BCUT2D eigenvalue weighted by atomic mass is 9.81. The number of rotatable bonds is 8. The SMILES string of the molecule is CC(C)(C)[Si](C)(C)OC[C@H]1C[C@@H](N=[N+]=[N-])C(=O)[C@@H](O[Si](C)(C)C(C)(C)C)[C@@H]1O[Si](C)(C)C(C)(C)C. The van der Waals surface area contributed by atoms with Crippen molar-refractivity contribution in [1.82, 2.24) is 0 Å². The van der Waals surface area contributed by atoms with Crippen molar-refractivity contribution in [2.24, 2.45) is 11.0 Å². The van der Waals surface area contributed by atoms with Gasteiger partial charge in [-0.05, 0) is 66.3 Å². The van der Waals surface area contributed by atoms with Gasteiger partial charge in [-0.25, -0.2) is 0 Å². The highest BCUT2D eigenvalue weighted by Crippen LogP contribution is 2.44. The molecule has 0 aromatic heterocycles. The van der Waals surface area contributed by atoms with Crippen LogP contribution in [0.3, 0.4) is 0 Å². The number of azide groups is 1. The normalized spacial score (nSPS) is 25.4. The quantitative estimate of drug-likeness (QED) is 0.134. The first-order valence-corrected chi connectivity index (χ1v) is 21.7. The van der Waals surface area contributed by atoms with Crippen LogP contribution in [-0.4, -0.2) is 55.6 Å². The maximum atomic E-state index is 13.7. The first-order valence-electron chi connectivity index (χ1n) is 13.0. The molecule has 1 aliphatic carbocycles. The van der Waals surface area contributed by atoms with Crippen LogP contribution in [0.5, 0.6) is 0 Å². The lowest BCUT2D eigenvalue weighted by Crippen LogP contribution is -2.61. The molecule has 0 aromatic carbocycles. The Morgan fingerprint density at radius 2 is 1.26 bits per heavy atom. The maximum Gasteiger partial charge on any atom is 0.193 e. The summed E-state index contributed by atoms with van der Waals surface area (Å²) in [6.07, 6.45) is -0.761. The summed E-state index contributed by atoms with van der Waals surface area (Å²) in [5, 5.41) is 3.87. The van der Waals surface area contributed by atoms with Gasteiger partial charge in [0.25, 0.3) is 0 Å². The Balaban J connectivity index is 3.56. The number of hydrogen-bond acceptors (Lipinski definition) is 5. The Labute approximate surface area is 218 Å². The summed E-state index contributed by atoms with van der Waals surface area (Å²) in [4.78, 5) is 16.7. The zero-order valence-corrected chi connectivity index (χ0v) is 28.2. The number of carbonyl (C=O) groups excluding carboxylic acids is 1. The Morgan fingerprint density at radius 1 is 0.829 bits per heavy atom. The summed E-state index contributed by atoms with van der Waals surface area (Å²) in [6, 6.07) is -0.762. The highest BCUT2D eigenvalue weighted by Gasteiger charge is 2.53. The maximum absolute atomic E-state index is 13.7. The minimum Gasteiger partial charge on any atom is -0.416 e. The molecule has 204 valence electrons. The molecule has 1 saturated carbocycles. The summed E-state index contributed by atoms with van der Waals surface area (Å²) in [6.45, 7) is 33.5. The van der Waals surface area contributed by atoms with Gasteiger partial charge in [0.1, 0.15) is 6.10 Å². The Morgan fingerprint density at radius 3 is 1.66 bits per heavy atom. The number of carbonyl (C=O) groups is 1. The number of Topliss-reactive ketones (excluding diaryl/α,β-unsaturated/α-hetero) is 1. The van der Waals surface area contributed by atoms with Gasteiger partial charge < -0.3 is 13.3 Å². The van der Waals surface area contributed by atoms with Crippen LogP contribution in [0.2, 0.25) is 54.4 Å². The van der Waals surface area contributed by atoms with E-state index in [-0.39, 0.29) is 26.8 Å². The third kappa shape index (κ3) is 7.75. The third-order valence-corrected chi connectivity index (χ3v) is 22.4. The van der Waals surface area contributed by atoms with Crippen LogP contribution in [0.4, 0.5) is 0 Å². The summed E-state index contributed by atoms with van der Waals surface area (Å²) >= 11 is 0. The van der Waals surface area contributed by atoms with Gasteiger partial charge >= 0.3 is 0 Å². The van der Waals surface area contributed by atoms with E-state index in [9.17, 15) is 10.3 Å². The van der Waals surface area contributed by atoms with Gasteiger partial charge in [0.2, 0.25) is 0 Å². The van der Waals surface area contributed by atoms with Crippen molar-refractivity contribution in [3.8, 4) is 0 Å².